The molecule has 0 fully saturated rings. The maximum Gasteiger partial charge on any atom is 0.331 e. The van der Waals surface area contributed by atoms with Gasteiger partial charge in [-0.2, -0.15) is 4.98 Å². The van der Waals surface area contributed by atoms with Crippen molar-refractivity contribution in [2.45, 2.75) is 13.5 Å². The van der Waals surface area contributed by atoms with E-state index in [1.807, 2.05) is 31.2 Å². The monoisotopic (exact) mass is 380 g/mol. The summed E-state index contributed by atoms with van der Waals surface area (Å²) in [4.78, 5) is 16.2. The van der Waals surface area contributed by atoms with Crippen LogP contribution in [0.25, 0.3) is 17.5 Å². The topological polar surface area (TPSA) is 83.7 Å². The summed E-state index contributed by atoms with van der Waals surface area (Å²) in [6.07, 6.45) is 3.07. The lowest BCUT2D eigenvalue weighted by Crippen LogP contribution is -2.01. The quantitative estimate of drug-likeness (QED) is 0.455. The Morgan fingerprint density at radius 1 is 1.14 bits per heavy atom. The average Bonchev–Trinajstić information content (AvgIpc) is 3.20. The minimum atomic E-state index is -0.495. The normalized spacial score (nSPS) is 10.8. The number of aromatic nitrogens is 2. The van der Waals surface area contributed by atoms with E-state index in [4.69, 9.17) is 18.7 Å². The SMILES string of the molecule is COc1ccc(-c2noc(COC(=O)/C=C/c3ccccc3C)n2)c(OC)c1. The van der Waals surface area contributed by atoms with Crippen molar-refractivity contribution in [2.75, 3.05) is 14.2 Å². The zero-order valence-electron chi connectivity index (χ0n) is 15.8. The molecule has 144 valence electrons. The molecule has 0 saturated carbocycles. The van der Waals surface area contributed by atoms with E-state index in [2.05, 4.69) is 10.1 Å². The summed E-state index contributed by atoms with van der Waals surface area (Å²) in [6, 6.07) is 13.0. The van der Waals surface area contributed by atoms with E-state index >= 15 is 0 Å². The van der Waals surface area contributed by atoms with E-state index in [0.717, 1.165) is 11.1 Å². The fourth-order valence-corrected chi connectivity index (χ4v) is 2.52. The van der Waals surface area contributed by atoms with Crippen molar-refractivity contribution >= 4 is 12.0 Å². The number of methoxy groups -OCH3 is 2. The molecule has 0 atom stereocenters. The molecular formula is C21H20N2O5. The molecule has 28 heavy (non-hydrogen) atoms. The van der Waals surface area contributed by atoms with Crippen LogP contribution in [-0.2, 0) is 16.1 Å². The Kier molecular flexibility index (Phi) is 6.06. The molecule has 0 aliphatic rings. The summed E-state index contributed by atoms with van der Waals surface area (Å²) in [6.45, 7) is 1.85. The minimum Gasteiger partial charge on any atom is -0.497 e. The third-order valence-electron chi connectivity index (χ3n) is 4.04. The minimum absolute atomic E-state index is 0.123. The fourth-order valence-electron chi connectivity index (χ4n) is 2.52. The van der Waals surface area contributed by atoms with Crippen LogP contribution >= 0.6 is 0 Å². The molecule has 0 saturated heterocycles. The van der Waals surface area contributed by atoms with Crippen molar-refractivity contribution in [3.63, 3.8) is 0 Å². The lowest BCUT2D eigenvalue weighted by molar-refractivity contribution is -0.139. The van der Waals surface area contributed by atoms with Gasteiger partial charge in [-0.05, 0) is 36.3 Å². The van der Waals surface area contributed by atoms with E-state index in [1.165, 1.54) is 6.08 Å². The zero-order valence-corrected chi connectivity index (χ0v) is 15.8. The number of esters is 1. The molecule has 3 rings (SSSR count). The van der Waals surface area contributed by atoms with Crippen molar-refractivity contribution in [2.24, 2.45) is 0 Å². The fraction of sp³-hybridized carbons (Fsp3) is 0.190. The average molecular weight is 380 g/mol. The second kappa shape index (κ2) is 8.85. The molecule has 3 aromatic rings. The molecule has 7 heteroatoms. The van der Waals surface area contributed by atoms with Crippen LogP contribution in [0.1, 0.15) is 17.0 Å². The summed E-state index contributed by atoms with van der Waals surface area (Å²) in [5, 5.41) is 3.92. The van der Waals surface area contributed by atoms with Gasteiger partial charge in [-0.15, -0.1) is 0 Å². The van der Waals surface area contributed by atoms with Crippen LogP contribution in [0.5, 0.6) is 11.5 Å². The highest BCUT2D eigenvalue weighted by Gasteiger charge is 2.15. The predicted molar refractivity (Wildman–Crippen MR) is 103 cm³/mol. The Hall–Kier alpha value is -3.61. The number of rotatable bonds is 7. The van der Waals surface area contributed by atoms with Crippen LogP contribution in [0.3, 0.4) is 0 Å². The highest BCUT2D eigenvalue weighted by molar-refractivity contribution is 5.87. The molecule has 0 aliphatic heterocycles. The summed E-state index contributed by atoms with van der Waals surface area (Å²) in [5.74, 6) is 1.22. The number of hydrogen-bond acceptors (Lipinski definition) is 7. The van der Waals surface area contributed by atoms with Crippen molar-refractivity contribution in [3.05, 3.63) is 65.6 Å². The smallest absolute Gasteiger partial charge is 0.331 e. The molecule has 1 heterocycles. The van der Waals surface area contributed by atoms with Gasteiger partial charge in [0.1, 0.15) is 11.5 Å². The van der Waals surface area contributed by atoms with E-state index < -0.39 is 5.97 Å². The van der Waals surface area contributed by atoms with E-state index in [-0.39, 0.29) is 12.5 Å². The molecule has 0 N–H and O–H groups in total. The number of carbonyl (C=O) groups excluding carboxylic acids is 1. The van der Waals surface area contributed by atoms with E-state index in [9.17, 15) is 4.79 Å². The lowest BCUT2D eigenvalue weighted by atomic mass is 10.1. The molecule has 0 bridgehead atoms. The molecule has 2 aromatic carbocycles. The second-order valence-corrected chi connectivity index (χ2v) is 5.88. The summed E-state index contributed by atoms with van der Waals surface area (Å²) in [7, 11) is 3.12. The van der Waals surface area contributed by atoms with Crippen molar-refractivity contribution in [3.8, 4) is 22.9 Å². The maximum absolute atomic E-state index is 11.9. The Morgan fingerprint density at radius 2 is 1.96 bits per heavy atom. The van der Waals surface area contributed by atoms with Gasteiger partial charge in [0.25, 0.3) is 5.89 Å². The summed E-state index contributed by atoms with van der Waals surface area (Å²) in [5.41, 5.74) is 2.66. The van der Waals surface area contributed by atoms with E-state index in [1.54, 1.807) is 38.5 Å². The first kappa shape index (κ1) is 19.2. The summed E-state index contributed by atoms with van der Waals surface area (Å²) >= 11 is 0. The first-order valence-corrected chi connectivity index (χ1v) is 8.56. The Morgan fingerprint density at radius 3 is 2.71 bits per heavy atom. The zero-order chi connectivity index (χ0) is 19.9. The highest BCUT2D eigenvalue weighted by Crippen LogP contribution is 2.31. The van der Waals surface area contributed by atoms with Gasteiger partial charge in [0, 0.05) is 12.1 Å². The Bertz CT molecular complexity index is 994. The standard InChI is InChI=1S/C21H20N2O5/c1-14-6-4-5-7-15(14)8-11-20(24)27-13-19-22-21(23-28-19)17-10-9-16(25-2)12-18(17)26-3/h4-12H,13H2,1-3H3/b11-8+. The third kappa shape index (κ3) is 4.56. The third-order valence-corrected chi connectivity index (χ3v) is 4.04. The molecule has 0 amide bonds. The van der Waals surface area contributed by atoms with Crippen LogP contribution in [0.2, 0.25) is 0 Å². The molecule has 0 unspecified atom stereocenters. The van der Waals surface area contributed by atoms with Gasteiger partial charge in [0.2, 0.25) is 5.82 Å². The van der Waals surface area contributed by atoms with Crippen LogP contribution < -0.4 is 9.47 Å². The van der Waals surface area contributed by atoms with Crippen LogP contribution in [0.15, 0.2) is 53.1 Å². The van der Waals surface area contributed by atoms with Gasteiger partial charge in [-0.3, -0.25) is 0 Å². The maximum atomic E-state index is 11.9. The first-order chi connectivity index (χ1) is 13.6. The summed E-state index contributed by atoms with van der Waals surface area (Å²) < 4.78 is 20.8. The molecule has 0 radical (unpaired) electrons. The number of ether oxygens (including phenoxy) is 3. The van der Waals surface area contributed by atoms with Gasteiger partial charge >= 0.3 is 5.97 Å². The molecule has 0 spiro atoms. The second-order valence-electron chi connectivity index (χ2n) is 5.88. The molecule has 7 nitrogen and oxygen atoms in total. The number of benzene rings is 2. The molecule has 0 aliphatic carbocycles. The number of carbonyl (C=O) groups is 1. The van der Waals surface area contributed by atoms with Crippen LogP contribution in [0, 0.1) is 6.92 Å². The molecular weight excluding hydrogens is 360 g/mol. The highest BCUT2D eigenvalue weighted by atomic mass is 16.6. The van der Waals surface area contributed by atoms with Gasteiger partial charge < -0.3 is 18.7 Å². The van der Waals surface area contributed by atoms with Crippen LogP contribution in [0.4, 0.5) is 0 Å². The number of aryl methyl sites for hydroxylation is 1. The van der Waals surface area contributed by atoms with Crippen molar-refractivity contribution in [1.29, 1.82) is 0 Å². The van der Waals surface area contributed by atoms with Crippen molar-refractivity contribution in [1.82, 2.24) is 10.1 Å². The van der Waals surface area contributed by atoms with Gasteiger partial charge in [0.15, 0.2) is 6.61 Å². The van der Waals surface area contributed by atoms with Gasteiger partial charge in [0.05, 0.1) is 19.8 Å². The number of hydrogen-bond donors (Lipinski definition) is 0. The van der Waals surface area contributed by atoms with E-state index in [0.29, 0.717) is 22.9 Å². The van der Waals surface area contributed by atoms with Crippen molar-refractivity contribution < 1.29 is 23.5 Å². The van der Waals surface area contributed by atoms with Gasteiger partial charge in [-0.1, -0.05) is 29.4 Å². The van der Waals surface area contributed by atoms with Gasteiger partial charge in [-0.25, -0.2) is 4.79 Å². The molecule has 1 aromatic heterocycles. The van der Waals surface area contributed by atoms with Crippen LogP contribution in [-0.4, -0.2) is 30.3 Å². The Labute approximate surface area is 162 Å². The number of nitrogens with zero attached hydrogens (tertiary/aromatic N) is 2. The predicted octanol–water partition coefficient (Wildman–Crippen LogP) is 3.82. The largest absolute Gasteiger partial charge is 0.497 e. The Balaban J connectivity index is 1.64. The lowest BCUT2D eigenvalue weighted by Gasteiger charge is -2.07. The first-order valence-electron chi connectivity index (χ1n) is 8.56.